The molecule has 0 aromatic heterocycles. The lowest BCUT2D eigenvalue weighted by Gasteiger charge is -2.28. The zero-order valence-electron chi connectivity index (χ0n) is 12.9. The average molecular weight is 352 g/mol. The number of hydrogen-bond donors (Lipinski definition) is 2. The van der Waals surface area contributed by atoms with E-state index in [0.29, 0.717) is 6.04 Å². The Balaban J connectivity index is 1.44. The minimum atomic E-state index is 0.566. The first kappa shape index (κ1) is 15.3. The third-order valence-corrected chi connectivity index (χ3v) is 5.55. The first-order valence-corrected chi connectivity index (χ1v) is 9.00. The van der Waals surface area contributed by atoms with Crippen LogP contribution in [0.2, 0.25) is 0 Å². The Morgan fingerprint density at radius 3 is 2.95 bits per heavy atom. The van der Waals surface area contributed by atoms with Crippen LogP contribution in [0.1, 0.15) is 30.4 Å². The summed E-state index contributed by atoms with van der Waals surface area (Å²) in [6.07, 6.45) is 5.17. The monoisotopic (exact) mass is 351 g/mol. The second-order valence-electron chi connectivity index (χ2n) is 6.39. The fraction of sp³-hybridized carbons (Fsp3) is 0.647. The van der Waals surface area contributed by atoms with Crippen molar-refractivity contribution in [1.29, 1.82) is 0 Å². The Bertz CT molecular complexity index is 483. The SMILES string of the molecule is Cc1cc2c(cc1Br)CCC(CNCCN1CCCC1)N2. The normalized spacial score (nSPS) is 22.1. The van der Waals surface area contributed by atoms with Crippen LogP contribution in [0.3, 0.4) is 0 Å². The topological polar surface area (TPSA) is 27.3 Å². The maximum atomic E-state index is 3.70. The predicted octanol–water partition coefficient (Wildman–Crippen LogP) is 3.17. The van der Waals surface area contributed by atoms with Gasteiger partial charge in [-0.1, -0.05) is 15.9 Å². The van der Waals surface area contributed by atoms with Crippen molar-refractivity contribution in [3.63, 3.8) is 0 Å². The van der Waals surface area contributed by atoms with Gasteiger partial charge < -0.3 is 15.5 Å². The summed E-state index contributed by atoms with van der Waals surface area (Å²) in [6.45, 7) is 8.14. The summed E-state index contributed by atoms with van der Waals surface area (Å²) < 4.78 is 1.23. The molecule has 21 heavy (non-hydrogen) atoms. The Morgan fingerprint density at radius 2 is 2.14 bits per heavy atom. The number of benzene rings is 1. The Kier molecular flexibility index (Phi) is 5.19. The van der Waals surface area contributed by atoms with E-state index >= 15 is 0 Å². The lowest BCUT2D eigenvalue weighted by atomic mass is 9.97. The molecule has 1 aromatic carbocycles. The van der Waals surface area contributed by atoms with E-state index in [9.17, 15) is 0 Å². The quantitative estimate of drug-likeness (QED) is 0.797. The van der Waals surface area contributed by atoms with Crippen molar-refractivity contribution < 1.29 is 0 Å². The minimum absolute atomic E-state index is 0.566. The van der Waals surface area contributed by atoms with E-state index in [2.05, 4.69) is 50.5 Å². The van der Waals surface area contributed by atoms with Crippen LogP contribution in [-0.4, -0.2) is 43.7 Å². The highest BCUT2D eigenvalue weighted by molar-refractivity contribution is 9.10. The van der Waals surface area contributed by atoms with Crippen molar-refractivity contribution in [2.24, 2.45) is 0 Å². The molecular formula is C17H26BrN3. The number of nitrogens with zero attached hydrogens (tertiary/aromatic N) is 1. The average Bonchev–Trinajstić information content (AvgIpc) is 2.98. The molecule has 4 heteroatoms. The molecule has 1 saturated heterocycles. The van der Waals surface area contributed by atoms with Gasteiger partial charge in [-0.05, 0) is 69.0 Å². The van der Waals surface area contributed by atoms with Crippen LogP contribution >= 0.6 is 15.9 Å². The molecule has 1 unspecified atom stereocenters. The molecule has 0 bridgehead atoms. The fourth-order valence-electron chi connectivity index (χ4n) is 3.36. The second-order valence-corrected chi connectivity index (χ2v) is 7.25. The zero-order valence-corrected chi connectivity index (χ0v) is 14.5. The van der Waals surface area contributed by atoms with Crippen LogP contribution < -0.4 is 10.6 Å². The number of nitrogens with one attached hydrogen (secondary N) is 2. The van der Waals surface area contributed by atoms with Gasteiger partial charge in [-0.25, -0.2) is 0 Å². The second kappa shape index (κ2) is 7.12. The van der Waals surface area contributed by atoms with Crippen LogP contribution in [0.5, 0.6) is 0 Å². The van der Waals surface area contributed by atoms with Crippen molar-refractivity contribution >= 4 is 21.6 Å². The first-order chi connectivity index (χ1) is 10.2. The maximum absolute atomic E-state index is 3.70. The van der Waals surface area contributed by atoms with E-state index in [0.717, 1.165) is 13.1 Å². The number of hydrogen-bond acceptors (Lipinski definition) is 3. The van der Waals surface area contributed by atoms with Crippen LogP contribution in [0.25, 0.3) is 0 Å². The van der Waals surface area contributed by atoms with Crippen molar-refractivity contribution in [2.75, 3.05) is 38.0 Å². The van der Waals surface area contributed by atoms with Gasteiger partial charge in [0, 0.05) is 35.8 Å². The highest BCUT2D eigenvalue weighted by Gasteiger charge is 2.18. The first-order valence-electron chi connectivity index (χ1n) is 8.21. The molecule has 2 aliphatic rings. The number of anilines is 1. The molecule has 0 amide bonds. The van der Waals surface area contributed by atoms with Gasteiger partial charge in [0.15, 0.2) is 0 Å². The third-order valence-electron chi connectivity index (χ3n) is 4.70. The van der Waals surface area contributed by atoms with E-state index in [1.54, 1.807) is 0 Å². The number of rotatable bonds is 5. The largest absolute Gasteiger partial charge is 0.381 e. The number of likely N-dealkylation sites (tertiary alicyclic amines) is 1. The highest BCUT2D eigenvalue weighted by atomic mass is 79.9. The standard InChI is InChI=1S/C17H26BrN3/c1-13-10-17-14(11-16(13)18)4-5-15(20-17)12-19-6-9-21-7-2-3-8-21/h10-11,15,19-20H,2-9,12H2,1H3. The van der Waals surface area contributed by atoms with Gasteiger partial charge >= 0.3 is 0 Å². The third kappa shape index (κ3) is 3.99. The maximum Gasteiger partial charge on any atom is 0.0389 e. The Hall–Kier alpha value is -0.580. The van der Waals surface area contributed by atoms with Gasteiger partial charge in [0.25, 0.3) is 0 Å². The smallest absolute Gasteiger partial charge is 0.0389 e. The molecule has 0 radical (unpaired) electrons. The fourth-order valence-corrected chi connectivity index (χ4v) is 3.75. The Morgan fingerprint density at radius 1 is 1.33 bits per heavy atom. The molecule has 2 aliphatic heterocycles. The zero-order chi connectivity index (χ0) is 14.7. The molecule has 2 heterocycles. The molecular weight excluding hydrogens is 326 g/mol. The van der Waals surface area contributed by atoms with Crippen molar-refractivity contribution in [1.82, 2.24) is 10.2 Å². The van der Waals surface area contributed by atoms with E-state index < -0.39 is 0 Å². The molecule has 116 valence electrons. The van der Waals surface area contributed by atoms with E-state index in [-0.39, 0.29) is 0 Å². The van der Waals surface area contributed by atoms with E-state index in [1.807, 2.05) is 0 Å². The van der Waals surface area contributed by atoms with Crippen molar-refractivity contribution in [3.05, 3.63) is 27.7 Å². The summed E-state index contributed by atoms with van der Waals surface area (Å²) in [4.78, 5) is 2.57. The van der Waals surface area contributed by atoms with E-state index in [1.165, 1.54) is 66.6 Å². The van der Waals surface area contributed by atoms with Crippen molar-refractivity contribution in [2.45, 2.75) is 38.6 Å². The van der Waals surface area contributed by atoms with Gasteiger partial charge in [0.05, 0.1) is 0 Å². The van der Waals surface area contributed by atoms with E-state index in [4.69, 9.17) is 0 Å². The molecule has 0 aliphatic carbocycles. The summed E-state index contributed by atoms with van der Waals surface area (Å²) in [7, 11) is 0. The lowest BCUT2D eigenvalue weighted by Crippen LogP contribution is -2.39. The van der Waals surface area contributed by atoms with Gasteiger partial charge in [0.2, 0.25) is 0 Å². The molecule has 3 nitrogen and oxygen atoms in total. The van der Waals surface area contributed by atoms with Crippen LogP contribution in [0.15, 0.2) is 16.6 Å². The van der Waals surface area contributed by atoms with Gasteiger partial charge in [0.1, 0.15) is 0 Å². The molecule has 1 aromatic rings. The highest BCUT2D eigenvalue weighted by Crippen LogP contribution is 2.30. The van der Waals surface area contributed by atoms with Crippen molar-refractivity contribution in [3.8, 4) is 0 Å². The van der Waals surface area contributed by atoms with Gasteiger partial charge in [-0.2, -0.15) is 0 Å². The molecule has 0 spiro atoms. The van der Waals surface area contributed by atoms with Gasteiger partial charge in [-0.3, -0.25) is 0 Å². The summed E-state index contributed by atoms with van der Waals surface area (Å²) >= 11 is 3.63. The van der Waals surface area contributed by atoms with Crippen LogP contribution in [0, 0.1) is 6.92 Å². The summed E-state index contributed by atoms with van der Waals surface area (Å²) in [5.41, 5.74) is 4.08. The molecule has 0 saturated carbocycles. The number of fused-ring (bicyclic) bond motifs is 1. The molecule has 3 rings (SSSR count). The van der Waals surface area contributed by atoms with Gasteiger partial charge in [-0.15, -0.1) is 0 Å². The summed E-state index contributed by atoms with van der Waals surface area (Å²) in [6, 6.07) is 5.11. The molecule has 2 N–H and O–H groups in total. The minimum Gasteiger partial charge on any atom is -0.381 e. The molecule has 1 atom stereocenters. The lowest BCUT2D eigenvalue weighted by molar-refractivity contribution is 0.334. The molecule has 1 fully saturated rings. The number of aryl methyl sites for hydroxylation is 2. The number of halogens is 1. The van der Waals surface area contributed by atoms with Crippen LogP contribution in [-0.2, 0) is 6.42 Å². The Labute approximate surface area is 136 Å². The summed E-state index contributed by atoms with van der Waals surface area (Å²) in [5, 5.41) is 7.32. The predicted molar refractivity (Wildman–Crippen MR) is 93.2 cm³/mol. The summed E-state index contributed by atoms with van der Waals surface area (Å²) in [5.74, 6) is 0. The van der Waals surface area contributed by atoms with Crippen LogP contribution in [0.4, 0.5) is 5.69 Å².